The fourth-order valence-corrected chi connectivity index (χ4v) is 6.83. The van der Waals surface area contributed by atoms with Crippen LogP contribution in [0.2, 0.25) is 0 Å². The molecule has 0 spiro atoms. The quantitative estimate of drug-likeness (QED) is 0.295. The summed E-state index contributed by atoms with van der Waals surface area (Å²) < 4.78 is 27.6. The second kappa shape index (κ2) is 14.1. The van der Waals surface area contributed by atoms with E-state index in [-0.39, 0.29) is 18.5 Å². The Morgan fingerprint density at radius 1 is 0.927 bits per heavy atom. The van der Waals surface area contributed by atoms with E-state index in [0.717, 1.165) is 59.4 Å². The molecule has 0 saturated heterocycles. The number of anilines is 1. The molecule has 9 heteroatoms. The average molecular weight is 641 g/mol. The Kier molecular flexibility index (Phi) is 10.6. The van der Waals surface area contributed by atoms with Gasteiger partial charge in [0.2, 0.25) is 21.8 Å². The van der Waals surface area contributed by atoms with Crippen LogP contribution in [-0.4, -0.2) is 50.0 Å². The number of carbonyl (C=O) groups excluding carboxylic acids is 2. The number of benzene rings is 3. The number of rotatable bonds is 11. The number of sulfonamides is 1. The zero-order chi connectivity index (χ0) is 29.4. The molecule has 4 rings (SSSR count). The summed E-state index contributed by atoms with van der Waals surface area (Å²) in [5, 5.41) is 3.22. The van der Waals surface area contributed by atoms with Crippen LogP contribution in [0.25, 0.3) is 0 Å². The first-order valence-electron chi connectivity index (χ1n) is 14.0. The molecule has 0 aromatic heterocycles. The number of nitrogens with one attached hydrogen (secondary N) is 1. The SMILES string of the molecule is Cc1cccc(CN(C(=O)CN(c2ccccc2Br)S(C)(=O)=O)[C@@H](Cc2ccccc2)C(=O)NC2CCCCC2)c1. The van der Waals surface area contributed by atoms with Crippen molar-refractivity contribution in [2.24, 2.45) is 0 Å². The van der Waals surface area contributed by atoms with Crippen LogP contribution < -0.4 is 9.62 Å². The summed E-state index contributed by atoms with van der Waals surface area (Å²) in [5.74, 6) is -0.666. The summed E-state index contributed by atoms with van der Waals surface area (Å²) in [6.07, 6.45) is 6.52. The standard InChI is InChI=1S/C32H38BrN3O4S/c1-24-12-11-15-26(20-24)22-35(31(37)23-36(41(2,39)40)29-19-10-9-18-28(29)33)30(21-25-13-5-3-6-14-25)32(38)34-27-16-7-4-8-17-27/h3,5-6,9-15,18-20,27,30H,4,7-8,16-17,21-23H2,1-2H3,(H,34,38)/t30-/m0/s1. The van der Waals surface area contributed by atoms with Gasteiger partial charge in [0.15, 0.2) is 0 Å². The number of nitrogens with zero attached hydrogens (tertiary/aromatic N) is 2. The maximum atomic E-state index is 14.2. The number of halogens is 1. The molecule has 3 aromatic carbocycles. The van der Waals surface area contributed by atoms with Gasteiger partial charge in [-0.25, -0.2) is 8.42 Å². The summed E-state index contributed by atoms with van der Waals surface area (Å²) >= 11 is 3.43. The van der Waals surface area contributed by atoms with Gasteiger partial charge in [0.05, 0.1) is 11.9 Å². The third-order valence-electron chi connectivity index (χ3n) is 7.46. The minimum atomic E-state index is -3.82. The van der Waals surface area contributed by atoms with E-state index in [1.54, 1.807) is 29.2 Å². The van der Waals surface area contributed by atoms with Crippen molar-refractivity contribution in [2.45, 2.75) is 64.1 Å². The summed E-state index contributed by atoms with van der Waals surface area (Å²) in [4.78, 5) is 29.8. The average Bonchev–Trinajstić information content (AvgIpc) is 2.94. The molecular formula is C32H38BrN3O4S. The van der Waals surface area contributed by atoms with Gasteiger partial charge >= 0.3 is 0 Å². The van der Waals surface area contributed by atoms with Crippen molar-refractivity contribution in [1.82, 2.24) is 10.2 Å². The molecule has 1 saturated carbocycles. The van der Waals surface area contributed by atoms with Gasteiger partial charge in [-0.2, -0.15) is 0 Å². The first-order chi connectivity index (χ1) is 19.6. The summed E-state index contributed by atoms with van der Waals surface area (Å²) in [6.45, 7) is 1.71. The molecular weight excluding hydrogens is 602 g/mol. The molecule has 1 aliphatic carbocycles. The predicted molar refractivity (Wildman–Crippen MR) is 167 cm³/mol. The Morgan fingerprint density at radius 2 is 1.59 bits per heavy atom. The Labute approximate surface area is 252 Å². The van der Waals surface area contributed by atoms with Crippen molar-refractivity contribution in [3.05, 3.63) is 100 Å². The number of hydrogen-bond acceptors (Lipinski definition) is 4. The maximum absolute atomic E-state index is 14.2. The Morgan fingerprint density at radius 3 is 2.24 bits per heavy atom. The first kappa shape index (κ1) is 30.8. The molecule has 1 atom stereocenters. The lowest BCUT2D eigenvalue weighted by Gasteiger charge is -2.35. The van der Waals surface area contributed by atoms with E-state index < -0.39 is 28.5 Å². The fourth-order valence-electron chi connectivity index (χ4n) is 5.35. The Bertz CT molecular complexity index is 1440. The second-order valence-electron chi connectivity index (χ2n) is 10.8. The molecule has 1 fully saturated rings. The van der Waals surface area contributed by atoms with Gasteiger partial charge in [-0.1, -0.05) is 91.6 Å². The van der Waals surface area contributed by atoms with Crippen molar-refractivity contribution in [3.8, 4) is 0 Å². The zero-order valence-electron chi connectivity index (χ0n) is 23.6. The van der Waals surface area contributed by atoms with Gasteiger partial charge in [-0.05, 0) is 59.0 Å². The van der Waals surface area contributed by atoms with Gasteiger partial charge in [0.25, 0.3) is 0 Å². The third kappa shape index (κ3) is 8.66. The molecule has 3 aromatic rings. The summed E-state index contributed by atoms with van der Waals surface area (Å²) in [7, 11) is -3.82. The molecule has 7 nitrogen and oxygen atoms in total. The van der Waals surface area contributed by atoms with Crippen LogP contribution in [0, 0.1) is 6.92 Å². The van der Waals surface area contributed by atoms with Gasteiger partial charge in [0, 0.05) is 23.5 Å². The van der Waals surface area contributed by atoms with Crippen LogP contribution >= 0.6 is 15.9 Å². The lowest BCUT2D eigenvalue weighted by molar-refractivity contribution is -0.140. The molecule has 218 valence electrons. The molecule has 0 bridgehead atoms. The molecule has 1 N–H and O–H groups in total. The van der Waals surface area contributed by atoms with E-state index >= 15 is 0 Å². The van der Waals surface area contributed by atoms with Crippen molar-refractivity contribution in [2.75, 3.05) is 17.1 Å². The van der Waals surface area contributed by atoms with Crippen molar-refractivity contribution in [1.29, 1.82) is 0 Å². The molecule has 1 aliphatic rings. The van der Waals surface area contributed by atoms with Crippen LogP contribution in [0.4, 0.5) is 5.69 Å². The van der Waals surface area contributed by atoms with Crippen molar-refractivity contribution in [3.63, 3.8) is 0 Å². The topological polar surface area (TPSA) is 86.8 Å². The van der Waals surface area contributed by atoms with Crippen LogP contribution in [-0.2, 0) is 32.6 Å². The van der Waals surface area contributed by atoms with E-state index in [1.807, 2.05) is 61.5 Å². The van der Waals surface area contributed by atoms with E-state index in [1.165, 1.54) is 0 Å². The molecule has 0 unspecified atom stereocenters. The number of hydrogen-bond donors (Lipinski definition) is 1. The van der Waals surface area contributed by atoms with E-state index in [9.17, 15) is 18.0 Å². The molecule has 0 aliphatic heterocycles. The van der Waals surface area contributed by atoms with Gasteiger partial charge in [-0.15, -0.1) is 0 Å². The highest BCUT2D eigenvalue weighted by molar-refractivity contribution is 9.10. The fraction of sp³-hybridized carbons (Fsp3) is 0.375. The maximum Gasteiger partial charge on any atom is 0.244 e. The number of aryl methyl sites for hydroxylation is 1. The highest BCUT2D eigenvalue weighted by Gasteiger charge is 2.34. The van der Waals surface area contributed by atoms with Crippen molar-refractivity contribution < 1.29 is 18.0 Å². The number of carbonyl (C=O) groups is 2. The lowest BCUT2D eigenvalue weighted by Crippen LogP contribution is -2.55. The van der Waals surface area contributed by atoms with Gasteiger partial charge < -0.3 is 10.2 Å². The highest BCUT2D eigenvalue weighted by atomic mass is 79.9. The normalized spacial score (nSPS) is 14.7. The van der Waals surface area contributed by atoms with E-state index in [0.29, 0.717) is 16.6 Å². The number of para-hydroxylation sites is 1. The zero-order valence-corrected chi connectivity index (χ0v) is 26.0. The van der Waals surface area contributed by atoms with Crippen molar-refractivity contribution >= 4 is 43.5 Å². The van der Waals surface area contributed by atoms with Crippen LogP contribution in [0.1, 0.15) is 48.8 Å². The summed E-state index contributed by atoms with van der Waals surface area (Å²) in [5.41, 5.74) is 3.19. The molecule has 0 heterocycles. The lowest BCUT2D eigenvalue weighted by atomic mass is 9.94. The molecule has 41 heavy (non-hydrogen) atoms. The number of amides is 2. The van der Waals surface area contributed by atoms with Crippen LogP contribution in [0.15, 0.2) is 83.3 Å². The van der Waals surface area contributed by atoms with E-state index in [4.69, 9.17) is 0 Å². The summed E-state index contributed by atoms with van der Waals surface area (Å²) in [6, 6.07) is 23.6. The highest BCUT2D eigenvalue weighted by Crippen LogP contribution is 2.28. The Hall–Kier alpha value is -3.17. The monoisotopic (exact) mass is 639 g/mol. The van der Waals surface area contributed by atoms with Gasteiger partial charge in [-0.3, -0.25) is 13.9 Å². The van der Waals surface area contributed by atoms with Gasteiger partial charge in [0.1, 0.15) is 12.6 Å². The minimum Gasteiger partial charge on any atom is -0.352 e. The smallest absolute Gasteiger partial charge is 0.244 e. The predicted octanol–water partition coefficient (Wildman–Crippen LogP) is 5.61. The van der Waals surface area contributed by atoms with E-state index in [2.05, 4.69) is 21.2 Å². The second-order valence-corrected chi connectivity index (χ2v) is 13.5. The molecule has 2 amide bonds. The first-order valence-corrected chi connectivity index (χ1v) is 16.7. The Balaban J connectivity index is 1.73. The minimum absolute atomic E-state index is 0.0678. The largest absolute Gasteiger partial charge is 0.352 e. The molecule has 0 radical (unpaired) electrons. The van der Waals surface area contributed by atoms with Crippen LogP contribution in [0.5, 0.6) is 0 Å². The third-order valence-corrected chi connectivity index (χ3v) is 9.26. The van der Waals surface area contributed by atoms with Crippen LogP contribution in [0.3, 0.4) is 0 Å².